The fraction of sp³-hybridized carbons (Fsp3) is 0.462. The van der Waals surface area contributed by atoms with Crippen LogP contribution in [0.3, 0.4) is 0 Å². The number of hydrogen-bond donors (Lipinski definition) is 0. The second-order valence-corrected chi connectivity index (χ2v) is 5.09. The van der Waals surface area contributed by atoms with Crippen LogP contribution in [-0.2, 0) is 16.1 Å². The molecule has 0 aromatic carbocycles. The van der Waals surface area contributed by atoms with Gasteiger partial charge in [-0.15, -0.1) is 21.5 Å². The zero-order valence-corrected chi connectivity index (χ0v) is 12.4. The quantitative estimate of drug-likeness (QED) is 0.783. The molecule has 6 nitrogen and oxygen atoms in total. The zero-order valence-electron chi connectivity index (χ0n) is 11.5. The first-order valence-electron chi connectivity index (χ1n) is 6.37. The first-order valence-corrected chi connectivity index (χ1v) is 7.25. The van der Waals surface area contributed by atoms with Crippen molar-refractivity contribution in [3.63, 3.8) is 0 Å². The van der Waals surface area contributed by atoms with Crippen LogP contribution in [0, 0.1) is 0 Å². The van der Waals surface area contributed by atoms with E-state index in [0.29, 0.717) is 37.9 Å². The molecule has 20 heavy (non-hydrogen) atoms. The van der Waals surface area contributed by atoms with Crippen molar-refractivity contribution in [3.8, 4) is 10.8 Å². The lowest BCUT2D eigenvalue weighted by atomic mass is 10.3. The van der Waals surface area contributed by atoms with Crippen molar-refractivity contribution in [2.45, 2.75) is 19.9 Å². The predicted molar refractivity (Wildman–Crippen MR) is 75.2 cm³/mol. The van der Waals surface area contributed by atoms with Crippen LogP contribution in [0.1, 0.15) is 19.2 Å². The Kier molecular flexibility index (Phi) is 5.25. The van der Waals surface area contributed by atoms with E-state index in [1.807, 2.05) is 24.4 Å². The van der Waals surface area contributed by atoms with Gasteiger partial charge in [-0.3, -0.25) is 4.79 Å². The molecule has 1 amide bonds. The van der Waals surface area contributed by atoms with Gasteiger partial charge in [-0.2, -0.15) is 0 Å². The summed E-state index contributed by atoms with van der Waals surface area (Å²) >= 11 is 1.54. The van der Waals surface area contributed by atoms with E-state index in [4.69, 9.17) is 9.15 Å². The number of nitrogens with zero attached hydrogens (tertiary/aromatic N) is 3. The van der Waals surface area contributed by atoms with Crippen molar-refractivity contribution >= 4 is 17.2 Å². The lowest BCUT2D eigenvalue weighted by Gasteiger charge is -2.19. The Morgan fingerprint density at radius 1 is 1.50 bits per heavy atom. The number of aromatic nitrogens is 2. The highest BCUT2D eigenvalue weighted by molar-refractivity contribution is 7.13. The van der Waals surface area contributed by atoms with Gasteiger partial charge in [-0.25, -0.2) is 0 Å². The number of amides is 1. The van der Waals surface area contributed by atoms with E-state index in [9.17, 15) is 4.79 Å². The van der Waals surface area contributed by atoms with Gasteiger partial charge in [-0.05, 0) is 11.4 Å². The monoisotopic (exact) mass is 295 g/mol. The van der Waals surface area contributed by atoms with Gasteiger partial charge < -0.3 is 14.1 Å². The molecular weight excluding hydrogens is 278 g/mol. The van der Waals surface area contributed by atoms with Gasteiger partial charge in [0.25, 0.3) is 5.89 Å². The summed E-state index contributed by atoms with van der Waals surface area (Å²) in [5, 5.41) is 9.94. The minimum absolute atomic E-state index is 0.0397. The molecule has 0 bridgehead atoms. The molecule has 0 unspecified atom stereocenters. The number of thiophene rings is 1. The lowest BCUT2D eigenvalue weighted by Crippen LogP contribution is -2.32. The molecule has 0 saturated carbocycles. The van der Waals surface area contributed by atoms with Crippen LogP contribution in [0.2, 0.25) is 0 Å². The van der Waals surface area contributed by atoms with E-state index in [1.54, 1.807) is 12.0 Å². The number of carbonyl (C=O) groups excluding carboxylic acids is 1. The van der Waals surface area contributed by atoms with Crippen LogP contribution < -0.4 is 0 Å². The number of hydrogen-bond acceptors (Lipinski definition) is 6. The van der Waals surface area contributed by atoms with E-state index >= 15 is 0 Å². The Bertz CT molecular complexity index is 539. The highest BCUT2D eigenvalue weighted by Gasteiger charge is 2.16. The fourth-order valence-corrected chi connectivity index (χ4v) is 2.34. The van der Waals surface area contributed by atoms with Crippen molar-refractivity contribution in [2.24, 2.45) is 0 Å². The summed E-state index contributed by atoms with van der Waals surface area (Å²) in [7, 11) is 1.61. The van der Waals surface area contributed by atoms with Crippen molar-refractivity contribution in [1.29, 1.82) is 0 Å². The van der Waals surface area contributed by atoms with Crippen LogP contribution in [-0.4, -0.2) is 41.3 Å². The fourth-order valence-electron chi connectivity index (χ4n) is 1.70. The maximum Gasteiger partial charge on any atom is 0.257 e. The smallest absolute Gasteiger partial charge is 0.257 e. The SMILES string of the molecule is CCC(=O)N(CCOC)Cc1nnc(-c2cccs2)o1. The summed E-state index contributed by atoms with van der Waals surface area (Å²) in [4.78, 5) is 14.4. The molecular formula is C13H17N3O3S. The third-order valence-corrected chi connectivity index (χ3v) is 3.60. The zero-order chi connectivity index (χ0) is 14.4. The van der Waals surface area contributed by atoms with E-state index < -0.39 is 0 Å². The molecule has 2 rings (SSSR count). The van der Waals surface area contributed by atoms with Gasteiger partial charge in [0, 0.05) is 20.1 Å². The third kappa shape index (κ3) is 3.64. The van der Waals surface area contributed by atoms with Crippen LogP contribution in [0.15, 0.2) is 21.9 Å². The first kappa shape index (κ1) is 14.7. The Morgan fingerprint density at radius 2 is 2.35 bits per heavy atom. The molecule has 0 aliphatic rings. The summed E-state index contributed by atoms with van der Waals surface area (Å²) < 4.78 is 10.6. The number of methoxy groups -OCH3 is 1. The number of ether oxygens (including phenoxy) is 1. The van der Waals surface area contributed by atoms with Crippen molar-refractivity contribution in [2.75, 3.05) is 20.3 Å². The van der Waals surface area contributed by atoms with E-state index in [1.165, 1.54) is 11.3 Å². The highest BCUT2D eigenvalue weighted by atomic mass is 32.1. The van der Waals surface area contributed by atoms with Crippen LogP contribution in [0.25, 0.3) is 10.8 Å². The maximum absolute atomic E-state index is 11.8. The Hall–Kier alpha value is -1.73. The Morgan fingerprint density at radius 3 is 3.00 bits per heavy atom. The molecule has 7 heteroatoms. The highest BCUT2D eigenvalue weighted by Crippen LogP contribution is 2.23. The third-order valence-electron chi connectivity index (χ3n) is 2.75. The minimum Gasteiger partial charge on any atom is -0.418 e. The maximum atomic E-state index is 11.8. The normalized spacial score (nSPS) is 10.7. The molecule has 0 radical (unpaired) electrons. The lowest BCUT2D eigenvalue weighted by molar-refractivity contribution is -0.132. The molecule has 0 atom stereocenters. The van der Waals surface area contributed by atoms with Crippen molar-refractivity contribution in [1.82, 2.24) is 15.1 Å². The minimum atomic E-state index is 0.0397. The van der Waals surface area contributed by atoms with Gasteiger partial charge >= 0.3 is 0 Å². The Balaban J connectivity index is 2.05. The van der Waals surface area contributed by atoms with E-state index in [-0.39, 0.29) is 5.91 Å². The molecule has 2 aromatic heterocycles. The molecule has 2 aromatic rings. The molecule has 0 aliphatic carbocycles. The van der Waals surface area contributed by atoms with Gasteiger partial charge in [0.05, 0.1) is 18.0 Å². The standard InChI is InChI=1S/C13H17N3O3S/c1-3-12(17)16(6-7-18-2)9-11-14-15-13(19-11)10-5-4-8-20-10/h4-5,8H,3,6-7,9H2,1-2H3. The average Bonchev–Trinajstić information content (AvgIpc) is 3.13. The molecule has 0 saturated heterocycles. The topological polar surface area (TPSA) is 68.5 Å². The van der Waals surface area contributed by atoms with Gasteiger partial charge in [-0.1, -0.05) is 13.0 Å². The molecule has 0 spiro atoms. The molecule has 2 heterocycles. The van der Waals surface area contributed by atoms with E-state index in [2.05, 4.69) is 10.2 Å². The average molecular weight is 295 g/mol. The van der Waals surface area contributed by atoms with Gasteiger partial charge in [0.1, 0.15) is 0 Å². The molecule has 0 N–H and O–H groups in total. The first-order chi connectivity index (χ1) is 9.74. The van der Waals surface area contributed by atoms with Crippen LogP contribution in [0.4, 0.5) is 0 Å². The number of carbonyl (C=O) groups is 1. The summed E-state index contributed by atoms with van der Waals surface area (Å²) in [5.41, 5.74) is 0. The predicted octanol–water partition coefficient (Wildman–Crippen LogP) is 2.18. The second-order valence-electron chi connectivity index (χ2n) is 4.14. The van der Waals surface area contributed by atoms with Gasteiger partial charge in [0.15, 0.2) is 0 Å². The number of rotatable bonds is 7. The largest absolute Gasteiger partial charge is 0.418 e. The summed E-state index contributed by atoms with van der Waals surface area (Å²) in [6, 6.07) is 3.84. The van der Waals surface area contributed by atoms with Crippen molar-refractivity contribution in [3.05, 3.63) is 23.4 Å². The molecule has 108 valence electrons. The molecule has 0 fully saturated rings. The summed E-state index contributed by atoms with van der Waals surface area (Å²) in [6.45, 7) is 3.14. The van der Waals surface area contributed by atoms with Gasteiger partial charge in [0.2, 0.25) is 11.8 Å². The van der Waals surface area contributed by atoms with Crippen LogP contribution >= 0.6 is 11.3 Å². The van der Waals surface area contributed by atoms with E-state index in [0.717, 1.165) is 4.88 Å². The second kappa shape index (κ2) is 7.16. The van der Waals surface area contributed by atoms with Crippen molar-refractivity contribution < 1.29 is 13.9 Å². The van der Waals surface area contributed by atoms with Crippen LogP contribution in [0.5, 0.6) is 0 Å². The summed E-state index contributed by atoms with van der Waals surface area (Å²) in [6.07, 6.45) is 0.440. The Labute approximate surface area is 121 Å². The molecule has 0 aliphatic heterocycles. The summed E-state index contributed by atoms with van der Waals surface area (Å²) in [5.74, 6) is 0.967.